The zero-order valence-electron chi connectivity index (χ0n) is 32.8. The van der Waals surface area contributed by atoms with E-state index in [0.29, 0.717) is 37.1 Å². The molecule has 1 aliphatic rings. The molecule has 6 rings (SSSR count). The number of benzene rings is 4. The van der Waals surface area contributed by atoms with Gasteiger partial charge in [0.15, 0.2) is 0 Å². The fraction of sp³-hybridized carbons (Fsp3) is 0.292. The van der Waals surface area contributed by atoms with Gasteiger partial charge in [0.25, 0.3) is 0 Å². The smallest absolute Gasteiger partial charge is 0.348 e. The maximum absolute atomic E-state index is 6.55. The average Bonchev–Trinajstić information content (AvgIpc) is 3.93. The van der Waals surface area contributed by atoms with Gasteiger partial charge >= 0.3 is 17.1 Å². The van der Waals surface area contributed by atoms with Gasteiger partial charge in [0.2, 0.25) is 0 Å². The van der Waals surface area contributed by atoms with Crippen molar-refractivity contribution in [2.75, 3.05) is 19.8 Å². The van der Waals surface area contributed by atoms with Crippen LogP contribution >= 0.6 is 16.3 Å². The van der Waals surface area contributed by atoms with Gasteiger partial charge < -0.3 is 19.7 Å². The molecule has 0 saturated carbocycles. The van der Waals surface area contributed by atoms with Crippen molar-refractivity contribution in [1.29, 1.82) is 0 Å². The molecule has 2 atom stereocenters. The van der Waals surface area contributed by atoms with Crippen LogP contribution in [0.4, 0.5) is 0 Å². The van der Waals surface area contributed by atoms with Crippen LogP contribution in [0.25, 0.3) is 0 Å². The molecule has 0 unspecified atom stereocenters. The third-order valence-electron chi connectivity index (χ3n) is 8.94. The quantitative estimate of drug-likeness (QED) is 0.0467. The van der Waals surface area contributed by atoms with Gasteiger partial charge in [-0.3, -0.25) is 0 Å². The first kappa shape index (κ1) is 44.8. The van der Waals surface area contributed by atoms with Crippen molar-refractivity contribution >= 4 is 37.5 Å². The third kappa shape index (κ3) is 16.2. The Morgan fingerprint density at radius 3 is 1.38 bits per heavy atom. The number of nitrogens with one attached hydrogen (secondary N) is 2. The summed E-state index contributed by atoms with van der Waals surface area (Å²) in [6.07, 6.45) is 10.7. The van der Waals surface area contributed by atoms with Crippen LogP contribution in [0.1, 0.15) is 46.1 Å². The van der Waals surface area contributed by atoms with E-state index in [4.69, 9.17) is 9.05 Å². The van der Waals surface area contributed by atoms with Crippen LogP contribution in [0.15, 0.2) is 158 Å². The molecule has 0 fully saturated rings. The molecule has 2 radical (unpaired) electrons. The average molecular weight is 813 g/mol. The summed E-state index contributed by atoms with van der Waals surface area (Å²) in [5.41, 5.74) is 1.33. The van der Waals surface area contributed by atoms with Gasteiger partial charge in [-0.2, -0.15) is 17.7 Å². The van der Waals surface area contributed by atoms with E-state index in [1.807, 2.05) is 0 Å². The number of hydrogen-bond donors (Lipinski definition) is 2. The maximum Gasteiger partial charge on any atom is 2.00 e. The standard InChI is InChI=1S/2C24H29NOP.Fe/c2*1-20(2)17-22(25-18-21-11-9-10-12-21)19-26-27(23-13-5-3-6-14-23)24-15-7-4-8-16-24;/h2*3-16,20,22,25H,17-19H2,1-2H3;/q2*-1;+2/t2*22-;/m00./s1. The second-order valence-electron chi connectivity index (χ2n) is 14.5. The van der Waals surface area contributed by atoms with Gasteiger partial charge in [0, 0.05) is 33.3 Å². The Bertz CT molecular complexity index is 1630. The summed E-state index contributed by atoms with van der Waals surface area (Å²) in [7, 11) is -1.61. The minimum atomic E-state index is -0.804. The van der Waals surface area contributed by atoms with Gasteiger partial charge in [-0.1, -0.05) is 149 Å². The summed E-state index contributed by atoms with van der Waals surface area (Å²) in [5.74, 6) is 2.59. The molecule has 5 aromatic rings. The van der Waals surface area contributed by atoms with E-state index >= 15 is 0 Å². The van der Waals surface area contributed by atoms with Crippen molar-refractivity contribution in [2.24, 2.45) is 11.8 Å². The molecule has 5 aromatic carbocycles. The molecular formula is C48H58FeN2O2P2. The molecule has 0 aliphatic heterocycles. The summed E-state index contributed by atoms with van der Waals surface area (Å²) in [4.78, 5) is 0. The van der Waals surface area contributed by atoms with E-state index in [9.17, 15) is 0 Å². The minimum absolute atomic E-state index is 0. The Labute approximate surface area is 345 Å². The van der Waals surface area contributed by atoms with Gasteiger partial charge in [-0.15, -0.1) is 12.8 Å². The molecule has 0 saturated heterocycles. The van der Waals surface area contributed by atoms with Crippen molar-refractivity contribution in [3.05, 3.63) is 182 Å². The van der Waals surface area contributed by atoms with Crippen molar-refractivity contribution in [2.45, 2.75) is 59.2 Å². The second kappa shape index (κ2) is 25.3. The topological polar surface area (TPSA) is 42.5 Å². The van der Waals surface area contributed by atoms with Crippen LogP contribution in [0.2, 0.25) is 0 Å². The Morgan fingerprint density at radius 1 is 0.582 bits per heavy atom. The van der Waals surface area contributed by atoms with E-state index in [1.165, 1.54) is 32.7 Å². The Balaban J connectivity index is 0.000000240. The van der Waals surface area contributed by atoms with Crippen LogP contribution in [-0.4, -0.2) is 31.8 Å². The molecule has 0 heterocycles. The summed E-state index contributed by atoms with van der Waals surface area (Å²) in [6, 6.07) is 51.6. The maximum atomic E-state index is 6.55. The van der Waals surface area contributed by atoms with Gasteiger partial charge in [-0.05, 0) is 37.8 Å². The number of hydrogen-bond acceptors (Lipinski definition) is 4. The van der Waals surface area contributed by atoms with Crippen molar-refractivity contribution < 1.29 is 26.1 Å². The first-order valence-electron chi connectivity index (χ1n) is 19.4. The van der Waals surface area contributed by atoms with E-state index in [-0.39, 0.29) is 17.1 Å². The number of rotatable bonds is 20. The van der Waals surface area contributed by atoms with E-state index in [2.05, 4.69) is 209 Å². The number of allylic oxidation sites excluding steroid dienone is 1. The SMILES string of the molecule is CC(C)C[C@@H](COP(c1ccccc1)c1ccccc1)NC[C-]1[CH][CH]C=C1.CC(C)C[C@@H](COP(c1ccccc1)c1ccccc1)NCc1ccc[cH-]1.[Fe+2]. The van der Waals surface area contributed by atoms with Crippen molar-refractivity contribution in [3.63, 3.8) is 0 Å². The molecule has 1 aliphatic carbocycles. The molecule has 0 spiro atoms. The van der Waals surface area contributed by atoms with Gasteiger partial charge in [-0.25, -0.2) is 30.2 Å². The summed E-state index contributed by atoms with van der Waals surface area (Å²) < 4.78 is 13.1. The zero-order valence-corrected chi connectivity index (χ0v) is 35.7. The predicted molar refractivity (Wildman–Crippen MR) is 234 cm³/mol. The molecule has 0 amide bonds. The molecule has 2 N–H and O–H groups in total. The first-order valence-corrected chi connectivity index (χ1v) is 21.9. The fourth-order valence-electron chi connectivity index (χ4n) is 6.33. The van der Waals surface area contributed by atoms with Crippen molar-refractivity contribution in [3.8, 4) is 0 Å². The summed E-state index contributed by atoms with van der Waals surface area (Å²) in [5, 5.41) is 12.4. The Kier molecular flexibility index (Phi) is 20.6. The van der Waals surface area contributed by atoms with Crippen LogP contribution in [0.3, 0.4) is 0 Å². The molecule has 7 heteroatoms. The van der Waals surface area contributed by atoms with Crippen LogP contribution in [0, 0.1) is 30.6 Å². The monoisotopic (exact) mass is 812 g/mol. The van der Waals surface area contributed by atoms with Gasteiger partial charge in [0.1, 0.15) is 0 Å². The second-order valence-corrected chi connectivity index (χ2v) is 18.3. The minimum Gasteiger partial charge on any atom is -0.348 e. The molecule has 290 valence electrons. The van der Waals surface area contributed by atoms with Crippen LogP contribution in [0.5, 0.6) is 0 Å². The largest absolute Gasteiger partial charge is 2.00 e. The Hall–Kier alpha value is -2.94. The van der Waals surface area contributed by atoms with E-state index in [1.54, 1.807) is 0 Å². The molecular weight excluding hydrogens is 754 g/mol. The summed E-state index contributed by atoms with van der Waals surface area (Å²) in [6.45, 7) is 12.3. The normalized spacial score (nSPS) is 13.6. The first-order chi connectivity index (χ1) is 26.4. The summed E-state index contributed by atoms with van der Waals surface area (Å²) >= 11 is 0. The van der Waals surface area contributed by atoms with E-state index in [0.717, 1.165) is 25.9 Å². The van der Waals surface area contributed by atoms with Crippen molar-refractivity contribution in [1.82, 2.24) is 10.6 Å². The van der Waals surface area contributed by atoms with Crippen LogP contribution < -0.4 is 31.9 Å². The predicted octanol–water partition coefficient (Wildman–Crippen LogP) is 9.58. The molecule has 0 bridgehead atoms. The van der Waals surface area contributed by atoms with E-state index < -0.39 is 16.3 Å². The molecule has 0 aromatic heterocycles. The van der Waals surface area contributed by atoms with Crippen LogP contribution in [-0.2, 0) is 32.7 Å². The molecule has 55 heavy (non-hydrogen) atoms. The molecule has 4 nitrogen and oxygen atoms in total. The third-order valence-corrected chi connectivity index (χ3v) is 12.8. The van der Waals surface area contributed by atoms with Gasteiger partial charge in [0.05, 0.1) is 29.5 Å². The Morgan fingerprint density at radius 2 is 1.02 bits per heavy atom. The fourth-order valence-corrected chi connectivity index (χ4v) is 9.95. The zero-order chi connectivity index (χ0) is 37.8.